The van der Waals surface area contributed by atoms with E-state index in [2.05, 4.69) is 4.74 Å². The topological polar surface area (TPSA) is 52.6 Å². The number of halogens is 1. The Kier molecular flexibility index (Phi) is 4.95. The fraction of sp³-hybridized carbons (Fsp3) is 0.125. The summed E-state index contributed by atoms with van der Waals surface area (Å²) >= 11 is 6.01. The maximum Gasteiger partial charge on any atom is 0.337 e. The van der Waals surface area contributed by atoms with Gasteiger partial charge in [-0.1, -0.05) is 23.7 Å². The van der Waals surface area contributed by atoms with Crippen LogP contribution in [0.15, 0.2) is 42.5 Å². The van der Waals surface area contributed by atoms with Gasteiger partial charge in [0.15, 0.2) is 0 Å². The van der Waals surface area contributed by atoms with E-state index in [0.29, 0.717) is 28.5 Å². The summed E-state index contributed by atoms with van der Waals surface area (Å²) in [6.45, 7) is 0.307. The Balaban J connectivity index is 2.03. The molecule has 0 aliphatic heterocycles. The molecule has 108 valence electrons. The van der Waals surface area contributed by atoms with Crippen LogP contribution in [0.5, 0.6) is 5.75 Å². The minimum Gasteiger partial charge on any atom is -0.487 e. The molecular formula is C16H13ClO4. The number of aldehydes is 1. The molecule has 5 heteroatoms. The maximum atomic E-state index is 11.3. The molecule has 0 N–H and O–H groups in total. The third kappa shape index (κ3) is 3.83. The lowest BCUT2D eigenvalue weighted by Crippen LogP contribution is -2.02. The quantitative estimate of drug-likeness (QED) is 0.626. The lowest BCUT2D eigenvalue weighted by molar-refractivity contribution is 0.0600. The smallest absolute Gasteiger partial charge is 0.337 e. The molecule has 2 aromatic carbocycles. The van der Waals surface area contributed by atoms with E-state index >= 15 is 0 Å². The van der Waals surface area contributed by atoms with Gasteiger partial charge in [0.2, 0.25) is 0 Å². The van der Waals surface area contributed by atoms with Crippen LogP contribution in [-0.4, -0.2) is 19.4 Å². The summed E-state index contributed by atoms with van der Waals surface area (Å²) in [4.78, 5) is 21.9. The molecule has 0 saturated heterocycles. The summed E-state index contributed by atoms with van der Waals surface area (Å²) in [5.41, 5.74) is 1.86. The van der Waals surface area contributed by atoms with Crippen molar-refractivity contribution < 1.29 is 19.1 Å². The SMILES string of the molecule is COC(=O)c1ccc(COc2ccc(C=O)cc2Cl)cc1. The normalized spacial score (nSPS) is 10.0. The van der Waals surface area contributed by atoms with Crippen LogP contribution in [0.2, 0.25) is 5.02 Å². The van der Waals surface area contributed by atoms with Gasteiger partial charge in [0.25, 0.3) is 0 Å². The van der Waals surface area contributed by atoms with Gasteiger partial charge in [-0.2, -0.15) is 0 Å². The number of esters is 1. The van der Waals surface area contributed by atoms with Crippen LogP contribution < -0.4 is 4.74 Å². The largest absolute Gasteiger partial charge is 0.487 e. The molecule has 0 unspecified atom stereocenters. The van der Waals surface area contributed by atoms with Crippen molar-refractivity contribution in [2.75, 3.05) is 7.11 Å². The van der Waals surface area contributed by atoms with E-state index in [1.54, 1.807) is 42.5 Å². The predicted molar refractivity (Wildman–Crippen MR) is 79.0 cm³/mol. The van der Waals surface area contributed by atoms with Crippen LogP contribution in [0.4, 0.5) is 0 Å². The minimum atomic E-state index is -0.380. The van der Waals surface area contributed by atoms with Crippen LogP contribution >= 0.6 is 11.6 Å². The molecule has 2 aromatic rings. The zero-order valence-corrected chi connectivity index (χ0v) is 12.1. The highest BCUT2D eigenvalue weighted by molar-refractivity contribution is 6.32. The third-order valence-electron chi connectivity index (χ3n) is 2.86. The van der Waals surface area contributed by atoms with E-state index in [9.17, 15) is 9.59 Å². The molecule has 0 saturated carbocycles. The Hall–Kier alpha value is -2.33. The number of benzene rings is 2. The summed E-state index contributed by atoms with van der Waals surface area (Å²) in [5, 5.41) is 0.380. The molecule has 0 aliphatic carbocycles. The Morgan fingerprint density at radius 1 is 1.19 bits per heavy atom. The molecule has 21 heavy (non-hydrogen) atoms. The van der Waals surface area contributed by atoms with Crippen LogP contribution in [0.3, 0.4) is 0 Å². The van der Waals surface area contributed by atoms with E-state index in [1.807, 2.05) is 0 Å². The standard InChI is InChI=1S/C16H13ClO4/c1-20-16(19)13-5-2-11(3-6-13)10-21-15-7-4-12(9-18)8-14(15)17/h2-9H,10H2,1H3. The van der Waals surface area contributed by atoms with Crippen LogP contribution in [0.25, 0.3) is 0 Å². The average Bonchev–Trinajstić information content (AvgIpc) is 2.53. The molecule has 0 amide bonds. The van der Waals surface area contributed by atoms with Crippen molar-refractivity contribution in [1.29, 1.82) is 0 Å². The summed E-state index contributed by atoms with van der Waals surface area (Å²) < 4.78 is 10.2. The second-order valence-corrected chi connectivity index (χ2v) is 4.69. The Morgan fingerprint density at radius 3 is 2.48 bits per heavy atom. The summed E-state index contributed by atoms with van der Waals surface area (Å²) in [6, 6.07) is 11.7. The lowest BCUT2D eigenvalue weighted by atomic mass is 10.1. The van der Waals surface area contributed by atoms with Gasteiger partial charge in [-0.15, -0.1) is 0 Å². The number of hydrogen-bond acceptors (Lipinski definition) is 4. The fourth-order valence-electron chi connectivity index (χ4n) is 1.72. The van der Waals surface area contributed by atoms with Crippen molar-refractivity contribution in [3.63, 3.8) is 0 Å². The first-order chi connectivity index (χ1) is 10.1. The first-order valence-corrected chi connectivity index (χ1v) is 6.56. The van der Waals surface area contributed by atoms with Crippen molar-refractivity contribution in [1.82, 2.24) is 0 Å². The number of carbonyl (C=O) groups is 2. The number of hydrogen-bond donors (Lipinski definition) is 0. The van der Waals surface area contributed by atoms with Crippen molar-refractivity contribution in [3.8, 4) is 5.75 Å². The second-order valence-electron chi connectivity index (χ2n) is 4.28. The predicted octanol–water partition coefficient (Wildman–Crippen LogP) is 3.52. The summed E-state index contributed by atoms with van der Waals surface area (Å²) in [6.07, 6.45) is 0.723. The molecule has 0 bridgehead atoms. The highest BCUT2D eigenvalue weighted by atomic mass is 35.5. The van der Waals surface area contributed by atoms with E-state index < -0.39 is 0 Å². The van der Waals surface area contributed by atoms with Gasteiger partial charge in [0.1, 0.15) is 18.6 Å². The van der Waals surface area contributed by atoms with Gasteiger partial charge in [-0.05, 0) is 35.9 Å². The van der Waals surface area contributed by atoms with Gasteiger partial charge >= 0.3 is 5.97 Å². The average molecular weight is 305 g/mol. The van der Waals surface area contributed by atoms with Gasteiger partial charge in [-0.25, -0.2) is 4.79 Å². The molecular weight excluding hydrogens is 292 g/mol. The van der Waals surface area contributed by atoms with Crippen molar-refractivity contribution in [3.05, 3.63) is 64.2 Å². The molecule has 0 atom stereocenters. The van der Waals surface area contributed by atoms with Crippen LogP contribution in [0, 0.1) is 0 Å². The maximum absolute atomic E-state index is 11.3. The molecule has 0 fully saturated rings. The lowest BCUT2D eigenvalue weighted by Gasteiger charge is -2.09. The third-order valence-corrected chi connectivity index (χ3v) is 3.16. The monoisotopic (exact) mass is 304 g/mol. The Bertz CT molecular complexity index is 650. The summed E-state index contributed by atoms with van der Waals surface area (Å²) in [7, 11) is 1.34. The first kappa shape index (κ1) is 15.1. The highest BCUT2D eigenvalue weighted by Crippen LogP contribution is 2.25. The van der Waals surface area contributed by atoms with E-state index in [4.69, 9.17) is 16.3 Å². The molecule has 0 heterocycles. The second kappa shape index (κ2) is 6.90. The van der Waals surface area contributed by atoms with Gasteiger partial charge in [0.05, 0.1) is 17.7 Å². The van der Waals surface area contributed by atoms with Gasteiger partial charge < -0.3 is 9.47 Å². The molecule has 0 spiro atoms. The Labute approximate surface area is 127 Å². The first-order valence-electron chi connectivity index (χ1n) is 6.19. The highest BCUT2D eigenvalue weighted by Gasteiger charge is 2.06. The zero-order valence-electron chi connectivity index (χ0n) is 11.3. The van der Waals surface area contributed by atoms with Crippen molar-refractivity contribution in [2.45, 2.75) is 6.61 Å². The van der Waals surface area contributed by atoms with E-state index in [1.165, 1.54) is 7.11 Å². The van der Waals surface area contributed by atoms with Crippen molar-refractivity contribution >= 4 is 23.9 Å². The minimum absolute atomic E-state index is 0.307. The zero-order chi connectivity index (χ0) is 15.2. The molecule has 0 aromatic heterocycles. The molecule has 2 rings (SSSR count). The number of rotatable bonds is 5. The van der Waals surface area contributed by atoms with Crippen LogP contribution in [0.1, 0.15) is 26.3 Å². The summed E-state index contributed by atoms with van der Waals surface area (Å²) in [5.74, 6) is 0.120. The van der Waals surface area contributed by atoms with Gasteiger partial charge in [0, 0.05) is 5.56 Å². The number of ether oxygens (including phenoxy) is 2. The van der Waals surface area contributed by atoms with E-state index in [0.717, 1.165) is 11.8 Å². The number of carbonyl (C=O) groups excluding carboxylic acids is 2. The molecule has 4 nitrogen and oxygen atoms in total. The Morgan fingerprint density at radius 2 is 1.90 bits per heavy atom. The van der Waals surface area contributed by atoms with E-state index in [-0.39, 0.29) is 5.97 Å². The van der Waals surface area contributed by atoms with Gasteiger partial charge in [-0.3, -0.25) is 4.79 Å². The fourth-order valence-corrected chi connectivity index (χ4v) is 1.97. The van der Waals surface area contributed by atoms with Crippen molar-refractivity contribution in [2.24, 2.45) is 0 Å². The number of methoxy groups -OCH3 is 1. The molecule has 0 aliphatic rings. The van der Waals surface area contributed by atoms with Crippen LogP contribution in [-0.2, 0) is 11.3 Å². The molecule has 0 radical (unpaired) electrons.